The summed E-state index contributed by atoms with van der Waals surface area (Å²) in [6.07, 6.45) is 9.45. The molecule has 0 unspecified atom stereocenters. The summed E-state index contributed by atoms with van der Waals surface area (Å²) >= 11 is 0. The predicted molar refractivity (Wildman–Crippen MR) is 92.1 cm³/mol. The molecule has 3 aliphatic rings. The average Bonchev–Trinajstić information content (AvgIpc) is 2.89. The van der Waals surface area contributed by atoms with Crippen molar-refractivity contribution in [1.29, 1.82) is 0 Å². The van der Waals surface area contributed by atoms with Gasteiger partial charge in [0.15, 0.2) is 0 Å². The van der Waals surface area contributed by atoms with Gasteiger partial charge in [-0.25, -0.2) is 0 Å². The number of epoxide rings is 1. The van der Waals surface area contributed by atoms with Gasteiger partial charge in [-0.3, -0.25) is 0 Å². The van der Waals surface area contributed by atoms with E-state index in [1.165, 1.54) is 0 Å². The van der Waals surface area contributed by atoms with Gasteiger partial charge in [0.25, 0.3) is 0 Å². The van der Waals surface area contributed by atoms with Crippen LogP contribution in [-0.4, -0.2) is 33.6 Å². The van der Waals surface area contributed by atoms with Crippen molar-refractivity contribution in [3.8, 4) is 0 Å². The molecule has 2 fully saturated rings. The Morgan fingerprint density at radius 3 is 2.52 bits per heavy atom. The first-order chi connectivity index (χ1) is 10.6. The Morgan fingerprint density at radius 1 is 1.17 bits per heavy atom. The van der Waals surface area contributed by atoms with Crippen molar-refractivity contribution in [2.75, 3.05) is 0 Å². The summed E-state index contributed by atoms with van der Waals surface area (Å²) in [5.41, 5.74) is -0.964. The first kappa shape index (κ1) is 17.4. The molecule has 3 rings (SSSR count). The summed E-state index contributed by atoms with van der Waals surface area (Å²) < 4.78 is 5.95. The van der Waals surface area contributed by atoms with E-state index >= 15 is 0 Å². The topological polar surface area (TPSA) is 53.0 Å². The van der Waals surface area contributed by atoms with Gasteiger partial charge in [-0.2, -0.15) is 0 Å². The van der Waals surface area contributed by atoms with E-state index in [1.807, 2.05) is 13.8 Å². The molecule has 0 aromatic heterocycles. The largest absolute Gasteiger partial charge is 0.393 e. The molecule has 2 N–H and O–H groups in total. The molecule has 0 spiro atoms. The SMILES string of the molecule is C[C@H]1/C=C/[C@@]2(C)CC[C@@H](C(C)(C)O)[C@@H]2[C@@H](O)C[C@]2(C)O[C@H]2CC1. The van der Waals surface area contributed by atoms with Crippen molar-refractivity contribution in [2.45, 2.75) is 90.1 Å². The van der Waals surface area contributed by atoms with E-state index in [4.69, 9.17) is 4.74 Å². The zero-order valence-electron chi connectivity index (χ0n) is 15.4. The first-order valence-electron chi connectivity index (χ1n) is 9.33. The Morgan fingerprint density at radius 2 is 1.87 bits per heavy atom. The fraction of sp³-hybridized carbons (Fsp3) is 0.900. The highest BCUT2D eigenvalue weighted by Crippen LogP contribution is 2.56. The van der Waals surface area contributed by atoms with E-state index in [0.29, 0.717) is 18.4 Å². The van der Waals surface area contributed by atoms with Gasteiger partial charge in [0.1, 0.15) is 0 Å². The Kier molecular flexibility index (Phi) is 4.23. The quantitative estimate of drug-likeness (QED) is 0.572. The number of hydrogen-bond donors (Lipinski definition) is 2. The van der Waals surface area contributed by atoms with Crippen LogP contribution < -0.4 is 0 Å². The highest BCUT2D eigenvalue weighted by molar-refractivity contribution is 5.14. The van der Waals surface area contributed by atoms with Crippen LogP contribution in [0.25, 0.3) is 0 Å². The molecule has 23 heavy (non-hydrogen) atoms. The predicted octanol–water partition coefficient (Wildman–Crippen LogP) is 3.68. The van der Waals surface area contributed by atoms with Crippen LogP contribution >= 0.6 is 0 Å². The lowest BCUT2D eigenvalue weighted by Crippen LogP contribution is -2.44. The minimum Gasteiger partial charge on any atom is -0.393 e. The smallest absolute Gasteiger partial charge is 0.0945 e. The zero-order chi connectivity index (χ0) is 17.0. The molecule has 0 radical (unpaired) electrons. The molecule has 0 aromatic rings. The number of aliphatic hydroxyl groups excluding tert-OH is 1. The second-order valence-electron chi connectivity index (χ2n) is 9.43. The summed E-state index contributed by atoms with van der Waals surface area (Å²) in [5.74, 6) is 0.757. The van der Waals surface area contributed by atoms with Crippen LogP contribution in [0.15, 0.2) is 12.2 Å². The second kappa shape index (κ2) is 5.57. The van der Waals surface area contributed by atoms with Gasteiger partial charge >= 0.3 is 0 Å². The van der Waals surface area contributed by atoms with Gasteiger partial charge < -0.3 is 14.9 Å². The fourth-order valence-corrected chi connectivity index (χ4v) is 5.24. The number of allylic oxidation sites excluding steroid dienone is 2. The minimum absolute atomic E-state index is 0.0383. The van der Waals surface area contributed by atoms with Gasteiger partial charge in [0.05, 0.1) is 23.4 Å². The summed E-state index contributed by atoms with van der Waals surface area (Å²) in [4.78, 5) is 0. The molecule has 7 atom stereocenters. The van der Waals surface area contributed by atoms with Crippen LogP contribution in [0.3, 0.4) is 0 Å². The molecule has 132 valence electrons. The van der Waals surface area contributed by atoms with Gasteiger partial charge in [0, 0.05) is 6.42 Å². The molecular formula is C20H34O3. The third-order valence-corrected chi connectivity index (χ3v) is 6.85. The Hall–Kier alpha value is -0.380. The summed E-state index contributed by atoms with van der Waals surface area (Å²) in [7, 11) is 0. The molecule has 0 bridgehead atoms. The maximum atomic E-state index is 11.1. The van der Waals surface area contributed by atoms with Crippen LogP contribution in [0.1, 0.15) is 66.7 Å². The molecule has 1 saturated carbocycles. The van der Waals surface area contributed by atoms with Gasteiger partial charge in [-0.1, -0.05) is 26.0 Å². The van der Waals surface area contributed by atoms with Crippen LogP contribution in [-0.2, 0) is 4.74 Å². The fourth-order valence-electron chi connectivity index (χ4n) is 5.24. The standard InChI is InChI=1S/C20H34O3/c1-13-6-7-16-20(5,23-16)12-15(21)17-14(18(2,3)22)9-11-19(17,4)10-8-13/h8,10,13-17,21-22H,6-7,9,11-12H2,1-5H3/b10-8+/t13-,14-,15+,16+,17-,19+,20+/m1/s1. The molecule has 3 nitrogen and oxygen atoms in total. The summed E-state index contributed by atoms with van der Waals surface area (Å²) in [6, 6.07) is 0. The maximum Gasteiger partial charge on any atom is 0.0945 e. The van der Waals surface area contributed by atoms with E-state index < -0.39 is 11.7 Å². The van der Waals surface area contributed by atoms with Gasteiger partial charge in [-0.15, -0.1) is 0 Å². The second-order valence-corrected chi connectivity index (χ2v) is 9.43. The summed E-state index contributed by atoms with van der Waals surface area (Å²) in [5, 5.41) is 21.8. The number of fused-ring (bicyclic) bond motifs is 2. The van der Waals surface area contributed by atoms with Crippen molar-refractivity contribution in [1.82, 2.24) is 0 Å². The lowest BCUT2D eigenvalue weighted by Gasteiger charge is -2.40. The lowest BCUT2D eigenvalue weighted by atomic mass is 9.68. The maximum absolute atomic E-state index is 11.1. The van der Waals surface area contributed by atoms with Crippen LogP contribution in [0.2, 0.25) is 0 Å². The molecule has 0 amide bonds. The van der Waals surface area contributed by atoms with E-state index in [2.05, 4.69) is 32.9 Å². The van der Waals surface area contributed by atoms with E-state index in [0.717, 1.165) is 25.7 Å². The molecular weight excluding hydrogens is 288 g/mol. The van der Waals surface area contributed by atoms with E-state index in [-0.39, 0.29) is 22.9 Å². The van der Waals surface area contributed by atoms with Gasteiger partial charge in [-0.05, 0) is 69.6 Å². The number of rotatable bonds is 1. The highest BCUT2D eigenvalue weighted by atomic mass is 16.6. The Balaban J connectivity index is 1.94. The highest BCUT2D eigenvalue weighted by Gasteiger charge is 2.57. The van der Waals surface area contributed by atoms with E-state index in [1.54, 1.807) is 0 Å². The van der Waals surface area contributed by atoms with E-state index in [9.17, 15) is 10.2 Å². The minimum atomic E-state index is -0.756. The van der Waals surface area contributed by atoms with Crippen LogP contribution in [0, 0.1) is 23.2 Å². The number of aliphatic hydroxyl groups is 2. The van der Waals surface area contributed by atoms with Gasteiger partial charge in [0.2, 0.25) is 0 Å². The third-order valence-electron chi connectivity index (χ3n) is 6.85. The lowest BCUT2D eigenvalue weighted by molar-refractivity contribution is -0.0580. The molecule has 1 saturated heterocycles. The van der Waals surface area contributed by atoms with Crippen LogP contribution in [0.4, 0.5) is 0 Å². The number of ether oxygens (including phenoxy) is 1. The Labute approximate surface area is 141 Å². The van der Waals surface area contributed by atoms with Crippen molar-refractivity contribution >= 4 is 0 Å². The summed E-state index contributed by atoms with van der Waals surface area (Å²) in [6.45, 7) is 10.5. The molecule has 2 aliphatic carbocycles. The zero-order valence-corrected chi connectivity index (χ0v) is 15.4. The first-order valence-corrected chi connectivity index (χ1v) is 9.33. The normalized spacial score (nSPS) is 52.2. The molecule has 3 heteroatoms. The molecule has 1 aliphatic heterocycles. The molecule has 1 heterocycles. The van der Waals surface area contributed by atoms with Crippen molar-refractivity contribution in [3.05, 3.63) is 12.2 Å². The van der Waals surface area contributed by atoms with Crippen molar-refractivity contribution < 1.29 is 14.9 Å². The average molecular weight is 322 g/mol. The van der Waals surface area contributed by atoms with Crippen molar-refractivity contribution in [3.63, 3.8) is 0 Å². The third kappa shape index (κ3) is 3.25. The monoisotopic (exact) mass is 322 g/mol. The van der Waals surface area contributed by atoms with Crippen LogP contribution in [0.5, 0.6) is 0 Å². The Bertz CT molecular complexity index is 480. The molecule has 0 aromatic carbocycles. The number of hydrogen-bond acceptors (Lipinski definition) is 3. The van der Waals surface area contributed by atoms with Crippen molar-refractivity contribution in [2.24, 2.45) is 23.2 Å².